The van der Waals surface area contributed by atoms with Crippen LogP contribution in [0.2, 0.25) is 0 Å². The number of ether oxygens (including phenoxy) is 1. The van der Waals surface area contributed by atoms with Gasteiger partial charge in [-0.25, -0.2) is 9.97 Å². The summed E-state index contributed by atoms with van der Waals surface area (Å²) in [6.07, 6.45) is 0.684. The Balaban J connectivity index is 2.28. The summed E-state index contributed by atoms with van der Waals surface area (Å²) in [4.78, 5) is 9.09. The molecule has 1 aromatic carbocycles. The third kappa shape index (κ3) is 3.48. The standard InChI is InChI=1S/C15H18BrN3O/c1-4-17-15-14(16)10(2)18-13(19-15)9-11-6-5-7-12(8-11)20-3/h5-8H,4,9H2,1-3H3,(H,17,18,19). The summed E-state index contributed by atoms with van der Waals surface area (Å²) in [6.45, 7) is 4.85. The first kappa shape index (κ1) is 14.8. The molecular weight excluding hydrogens is 318 g/mol. The minimum atomic E-state index is 0.684. The number of methoxy groups -OCH3 is 1. The highest BCUT2D eigenvalue weighted by atomic mass is 79.9. The van der Waals surface area contributed by atoms with Crippen LogP contribution in [0.1, 0.15) is 24.0 Å². The quantitative estimate of drug-likeness (QED) is 0.907. The van der Waals surface area contributed by atoms with Gasteiger partial charge >= 0.3 is 0 Å². The van der Waals surface area contributed by atoms with E-state index in [1.54, 1.807) is 7.11 Å². The zero-order chi connectivity index (χ0) is 14.5. The predicted molar refractivity (Wildman–Crippen MR) is 84.4 cm³/mol. The third-order valence-corrected chi connectivity index (χ3v) is 3.85. The molecule has 0 spiro atoms. The van der Waals surface area contributed by atoms with Crippen LogP contribution >= 0.6 is 15.9 Å². The van der Waals surface area contributed by atoms with Gasteiger partial charge in [-0.05, 0) is 47.5 Å². The lowest BCUT2D eigenvalue weighted by atomic mass is 10.1. The molecule has 2 rings (SSSR count). The lowest BCUT2D eigenvalue weighted by Crippen LogP contribution is -2.07. The maximum Gasteiger partial charge on any atom is 0.144 e. The van der Waals surface area contributed by atoms with Gasteiger partial charge in [0.15, 0.2) is 0 Å². The fourth-order valence-electron chi connectivity index (χ4n) is 1.95. The van der Waals surface area contributed by atoms with Gasteiger partial charge in [0.05, 0.1) is 17.3 Å². The summed E-state index contributed by atoms with van der Waals surface area (Å²) < 4.78 is 6.16. The Kier molecular flexibility index (Phi) is 4.95. The average Bonchev–Trinajstić information content (AvgIpc) is 2.44. The van der Waals surface area contributed by atoms with E-state index in [1.165, 1.54) is 0 Å². The Labute approximate surface area is 127 Å². The topological polar surface area (TPSA) is 47.0 Å². The Morgan fingerprint density at radius 1 is 1.30 bits per heavy atom. The lowest BCUT2D eigenvalue weighted by molar-refractivity contribution is 0.414. The Hall–Kier alpha value is -1.62. The van der Waals surface area contributed by atoms with Crippen LogP contribution in [0.3, 0.4) is 0 Å². The second kappa shape index (κ2) is 6.70. The number of hydrogen-bond acceptors (Lipinski definition) is 4. The Morgan fingerprint density at radius 3 is 2.80 bits per heavy atom. The molecule has 0 unspecified atom stereocenters. The van der Waals surface area contributed by atoms with E-state index < -0.39 is 0 Å². The van der Waals surface area contributed by atoms with Gasteiger partial charge in [-0.2, -0.15) is 0 Å². The summed E-state index contributed by atoms with van der Waals surface area (Å²) in [7, 11) is 1.67. The maximum atomic E-state index is 5.24. The van der Waals surface area contributed by atoms with Gasteiger partial charge in [0, 0.05) is 13.0 Å². The molecule has 106 valence electrons. The molecule has 0 aliphatic rings. The van der Waals surface area contributed by atoms with Crippen molar-refractivity contribution in [2.75, 3.05) is 19.0 Å². The second-order valence-electron chi connectivity index (χ2n) is 4.45. The minimum Gasteiger partial charge on any atom is -0.497 e. The van der Waals surface area contributed by atoms with Crippen molar-refractivity contribution in [2.45, 2.75) is 20.3 Å². The van der Waals surface area contributed by atoms with Crippen molar-refractivity contribution >= 4 is 21.7 Å². The number of halogens is 1. The van der Waals surface area contributed by atoms with Gasteiger partial charge in [0.25, 0.3) is 0 Å². The molecule has 5 heteroatoms. The summed E-state index contributed by atoms with van der Waals surface area (Å²) in [5.74, 6) is 2.50. The van der Waals surface area contributed by atoms with Crippen LogP contribution in [0.5, 0.6) is 5.75 Å². The summed E-state index contributed by atoms with van der Waals surface area (Å²) >= 11 is 3.52. The highest BCUT2D eigenvalue weighted by Gasteiger charge is 2.09. The Morgan fingerprint density at radius 2 is 2.10 bits per heavy atom. The number of anilines is 1. The molecule has 2 aromatic rings. The predicted octanol–water partition coefficient (Wildman–Crippen LogP) is 3.58. The van der Waals surface area contributed by atoms with Gasteiger partial charge in [0.1, 0.15) is 17.4 Å². The van der Waals surface area contributed by atoms with Gasteiger partial charge in [-0.3, -0.25) is 0 Å². The molecule has 1 N–H and O–H groups in total. The Bertz CT molecular complexity index is 602. The first-order chi connectivity index (χ1) is 9.63. The van der Waals surface area contributed by atoms with Gasteiger partial charge in [-0.15, -0.1) is 0 Å². The zero-order valence-corrected chi connectivity index (χ0v) is 13.5. The summed E-state index contributed by atoms with van der Waals surface area (Å²) in [6, 6.07) is 7.97. The van der Waals surface area contributed by atoms with Crippen LogP contribution in [0.25, 0.3) is 0 Å². The van der Waals surface area contributed by atoms with E-state index in [-0.39, 0.29) is 0 Å². The number of nitrogens with one attached hydrogen (secondary N) is 1. The highest BCUT2D eigenvalue weighted by Crippen LogP contribution is 2.24. The molecule has 0 atom stereocenters. The molecule has 4 nitrogen and oxygen atoms in total. The van der Waals surface area contributed by atoms with Crippen LogP contribution in [0.4, 0.5) is 5.82 Å². The minimum absolute atomic E-state index is 0.684. The number of nitrogens with zero attached hydrogens (tertiary/aromatic N) is 2. The number of hydrogen-bond donors (Lipinski definition) is 1. The smallest absolute Gasteiger partial charge is 0.144 e. The molecule has 0 aliphatic heterocycles. The van der Waals surface area contributed by atoms with Crippen molar-refractivity contribution < 1.29 is 4.74 Å². The number of aryl methyl sites for hydroxylation is 1. The molecule has 0 aliphatic carbocycles. The summed E-state index contributed by atoms with van der Waals surface area (Å²) in [5, 5.41) is 3.24. The van der Waals surface area contributed by atoms with E-state index in [9.17, 15) is 0 Å². The first-order valence-electron chi connectivity index (χ1n) is 6.53. The molecular formula is C15H18BrN3O. The summed E-state index contributed by atoms with van der Waals surface area (Å²) in [5.41, 5.74) is 2.07. The van der Waals surface area contributed by atoms with Crippen LogP contribution in [0, 0.1) is 6.92 Å². The molecule has 0 amide bonds. The van der Waals surface area contributed by atoms with E-state index >= 15 is 0 Å². The number of benzene rings is 1. The largest absolute Gasteiger partial charge is 0.497 e. The van der Waals surface area contributed by atoms with E-state index in [2.05, 4.69) is 37.3 Å². The fraction of sp³-hybridized carbons (Fsp3) is 0.333. The second-order valence-corrected chi connectivity index (χ2v) is 5.24. The van der Waals surface area contributed by atoms with Crippen molar-refractivity contribution in [1.82, 2.24) is 9.97 Å². The van der Waals surface area contributed by atoms with Crippen LogP contribution in [-0.2, 0) is 6.42 Å². The van der Waals surface area contributed by atoms with Crippen LogP contribution in [0.15, 0.2) is 28.7 Å². The van der Waals surface area contributed by atoms with Crippen molar-refractivity contribution in [3.8, 4) is 5.75 Å². The van der Waals surface area contributed by atoms with E-state index in [0.29, 0.717) is 6.42 Å². The van der Waals surface area contributed by atoms with Gasteiger partial charge in [0.2, 0.25) is 0 Å². The molecule has 0 bridgehead atoms. The lowest BCUT2D eigenvalue weighted by Gasteiger charge is -2.10. The normalized spacial score (nSPS) is 10.4. The highest BCUT2D eigenvalue weighted by molar-refractivity contribution is 9.10. The van der Waals surface area contributed by atoms with E-state index in [4.69, 9.17) is 4.74 Å². The van der Waals surface area contributed by atoms with Gasteiger partial charge in [-0.1, -0.05) is 12.1 Å². The van der Waals surface area contributed by atoms with E-state index in [1.807, 2.05) is 32.0 Å². The average molecular weight is 336 g/mol. The van der Waals surface area contributed by atoms with Crippen molar-refractivity contribution in [3.05, 3.63) is 45.8 Å². The van der Waals surface area contributed by atoms with Gasteiger partial charge < -0.3 is 10.1 Å². The molecule has 0 saturated carbocycles. The fourth-order valence-corrected chi connectivity index (χ4v) is 2.26. The molecule has 1 heterocycles. The SMILES string of the molecule is CCNc1nc(Cc2cccc(OC)c2)nc(C)c1Br. The maximum absolute atomic E-state index is 5.24. The van der Waals surface area contributed by atoms with Crippen molar-refractivity contribution in [2.24, 2.45) is 0 Å². The molecule has 0 fully saturated rings. The van der Waals surface area contributed by atoms with Crippen LogP contribution in [-0.4, -0.2) is 23.6 Å². The first-order valence-corrected chi connectivity index (χ1v) is 7.33. The molecule has 1 aromatic heterocycles. The number of rotatable bonds is 5. The van der Waals surface area contributed by atoms with Crippen molar-refractivity contribution in [3.63, 3.8) is 0 Å². The van der Waals surface area contributed by atoms with E-state index in [0.717, 1.165) is 39.7 Å². The van der Waals surface area contributed by atoms with Crippen molar-refractivity contribution in [1.29, 1.82) is 0 Å². The monoisotopic (exact) mass is 335 g/mol. The zero-order valence-electron chi connectivity index (χ0n) is 11.9. The molecule has 20 heavy (non-hydrogen) atoms. The number of aromatic nitrogens is 2. The molecule has 0 saturated heterocycles. The third-order valence-electron chi connectivity index (χ3n) is 2.90. The van der Waals surface area contributed by atoms with Crippen LogP contribution < -0.4 is 10.1 Å². The molecule has 0 radical (unpaired) electrons.